The van der Waals surface area contributed by atoms with Crippen molar-refractivity contribution in [2.75, 3.05) is 20.0 Å². The van der Waals surface area contributed by atoms with E-state index in [-0.39, 0.29) is 17.5 Å². The molecule has 142 valence electrons. The summed E-state index contributed by atoms with van der Waals surface area (Å²) >= 11 is 0. The molecule has 0 radical (unpaired) electrons. The third-order valence-electron chi connectivity index (χ3n) is 4.53. The summed E-state index contributed by atoms with van der Waals surface area (Å²) in [5.41, 5.74) is 5.89. The van der Waals surface area contributed by atoms with Crippen LogP contribution >= 0.6 is 0 Å². The van der Waals surface area contributed by atoms with Gasteiger partial charge in [-0.15, -0.1) is 10.2 Å². The Morgan fingerprint density at radius 3 is 2.50 bits per heavy atom. The summed E-state index contributed by atoms with van der Waals surface area (Å²) in [6, 6.07) is 6.57. The molecule has 2 aromatic rings. The first-order chi connectivity index (χ1) is 12.4. The van der Waals surface area contributed by atoms with Gasteiger partial charge in [0.05, 0.1) is 11.5 Å². The van der Waals surface area contributed by atoms with Crippen molar-refractivity contribution in [2.45, 2.75) is 42.8 Å². The van der Waals surface area contributed by atoms with Crippen LogP contribution in [0.1, 0.15) is 30.4 Å². The van der Waals surface area contributed by atoms with Gasteiger partial charge in [-0.05, 0) is 37.1 Å². The lowest BCUT2D eigenvalue weighted by atomic mass is 9.80. The number of benzene rings is 1. The Morgan fingerprint density at radius 2 is 1.92 bits per heavy atom. The maximum atomic E-state index is 11.5. The molecule has 26 heavy (non-hydrogen) atoms. The number of nitrogens with zero attached hydrogens (tertiary/aromatic N) is 3. The molecule has 0 atom stereocenters. The standard InChI is InChI=1S/C17H24N4O4S/c1-24-8-7-21-16(19-20-17(21)12-9-13(18)10-12)11-25-14-3-5-15(6-4-14)26(2,22)23/h3-6,12-13H,7-11,18H2,1-2H3. The minimum absolute atomic E-state index is 0.237. The lowest BCUT2D eigenvalue weighted by Crippen LogP contribution is -2.36. The quantitative estimate of drug-likeness (QED) is 0.730. The maximum Gasteiger partial charge on any atom is 0.175 e. The zero-order chi connectivity index (χ0) is 18.7. The maximum absolute atomic E-state index is 11.5. The van der Waals surface area contributed by atoms with Crippen molar-refractivity contribution in [3.63, 3.8) is 0 Å². The second-order valence-electron chi connectivity index (χ2n) is 6.58. The van der Waals surface area contributed by atoms with E-state index < -0.39 is 9.84 Å². The van der Waals surface area contributed by atoms with Crippen molar-refractivity contribution in [1.29, 1.82) is 0 Å². The van der Waals surface area contributed by atoms with E-state index in [1.165, 1.54) is 18.4 Å². The molecule has 1 aromatic heterocycles. The second kappa shape index (κ2) is 7.73. The first-order valence-electron chi connectivity index (χ1n) is 8.48. The summed E-state index contributed by atoms with van der Waals surface area (Å²) in [5, 5.41) is 8.59. The molecule has 2 N–H and O–H groups in total. The monoisotopic (exact) mass is 380 g/mol. The van der Waals surface area contributed by atoms with Crippen LogP contribution in [-0.2, 0) is 27.7 Å². The van der Waals surface area contributed by atoms with E-state index in [1.807, 2.05) is 4.57 Å². The largest absolute Gasteiger partial charge is 0.486 e. The van der Waals surface area contributed by atoms with Crippen LogP contribution in [0, 0.1) is 0 Å². The highest BCUT2D eigenvalue weighted by molar-refractivity contribution is 7.90. The Labute approximate surface area is 153 Å². The topological polar surface area (TPSA) is 109 Å². The highest BCUT2D eigenvalue weighted by Gasteiger charge is 2.32. The Bertz CT molecular complexity index is 842. The summed E-state index contributed by atoms with van der Waals surface area (Å²) in [4.78, 5) is 0.261. The minimum Gasteiger partial charge on any atom is -0.486 e. The number of ether oxygens (including phenoxy) is 2. The van der Waals surface area contributed by atoms with Gasteiger partial charge in [0.2, 0.25) is 0 Å². The van der Waals surface area contributed by atoms with Crippen LogP contribution in [0.15, 0.2) is 29.2 Å². The fraction of sp³-hybridized carbons (Fsp3) is 0.529. The van der Waals surface area contributed by atoms with Crippen LogP contribution < -0.4 is 10.5 Å². The van der Waals surface area contributed by atoms with Gasteiger partial charge >= 0.3 is 0 Å². The van der Waals surface area contributed by atoms with Gasteiger partial charge in [-0.2, -0.15) is 0 Å². The van der Waals surface area contributed by atoms with Crippen LogP contribution in [0.25, 0.3) is 0 Å². The van der Waals surface area contributed by atoms with Gasteiger partial charge < -0.3 is 19.8 Å². The van der Waals surface area contributed by atoms with Crippen LogP contribution in [0.2, 0.25) is 0 Å². The molecule has 1 aliphatic rings. The van der Waals surface area contributed by atoms with Crippen LogP contribution in [0.3, 0.4) is 0 Å². The fourth-order valence-electron chi connectivity index (χ4n) is 2.99. The predicted molar refractivity (Wildman–Crippen MR) is 95.7 cm³/mol. The number of rotatable bonds is 8. The summed E-state index contributed by atoms with van der Waals surface area (Å²) in [7, 11) is -1.56. The fourth-order valence-corrected chi connectivity index (χ4v) is 3.62. The lowest BCUT2D eigenvalue weighted by molar-refractivity contribution is 0.180. The number of nitrogens with two attached hydrogens (primary N) is 1. The Kier molecular flexibility index (Phi) is 5.59. The minimum atomic E-state index is -3.22. The van der Waals surface area contributed by atoms with Crippen molar-refractivity contribution in [3.05, 3.63) is 35.9 Å². The van der Waals surface area contributed by atoms with Crippen molar-refractivity contribution in [3.8, 4) is 5.75 Å². The molecular weight excluding hydrogens is 356 g/mol. The van der Waals surface area contributed by atoms with Crippen molar-refractivity contribution in [2.24, 2.45) is 5.73 Å². The van der Waals surface area contributed by atoms with Crippen LogP contribution in [0.4, 0.5) is 0 Å². The Balaban J connectivity index is 1.70. The third-order valence-corrected chi connectivity index (χ3v) is 5.66. The molecule has 0 bridgehead atoms. The van der Waals surface area contributed by atoms with E-state index in [9.17, 15) is 8.42 Å². The van der Waals surface area contributed by atoms with Crippen molar-refractivity contribution < 1.29 is 17.9 Å². The van der Waals surface area contributed by atoms with Crippen molar-refractivity contribution in [1.82, 2.24) is 14.8 Å². The molecule has 1 saturated carbocycles. The zero-order valence-electron chi connectivity index (χ0n) is 15.0. The predicted octanol–water partition coefficient (Wildman–Crippen LogP) is 1.11. The van der Waals surface area contributed by atoms with E-state index in [0.717, 1.165) is 18.7 Å². The van der Waals surface area contributed by atoms with E-state index in [4.69, 9.17) is 15.2 Å². The molecule has 1 heterocycles. The van der Waals surface area contributed by atoms with Gasteiger partial charge in [0.25, 0.3) is 0 Å². The van der Waals surface area contributed by atoms with E-state index >= 15 is 0 Å². The van der Waals surface area contributed by atoms with Gasteiger partial charge in [0.15, 0.2) is 15.7 Å². The van der Waals surface area contributed by atoms with Gasteiger partial charge in [0.1, 0.15) is 18.2 Å². The molecule has 0 spiro atoms. The van der Waals surface area contributed by atoms with Crippen LogP contribution in [0.5, 0.6) is 5.75 Å². The summed E-state index contributed by atoms with van der Waals surface area (Å²) in [5.74, 6) is 2.54. The van der Waals surface area contributed by atoms with Gasteiger partial charge in [0, 0.05) is 31.9 Å². The normalized spacial score (nSPS) is 20.0. The molecule has 0 unspecified atom stereocenters. The smallest absolute Gasteiger partial charge is 0.175 e. The Morgan fingerprint density at radius 1 is 1.23 bits per heavy atom. The highest BCUT2D eigenvalue weighted by atomic mass is 32.2. The molecule has 0 aliphatic heterocycles. The van der Waals surface area contributed by atoms with Gasteiger partial charge in [-0.3, -0.25) is 0 Å². The van der Waals surface area contributed by atoms with Gasteiger partial charge in [-0.1, -0.05) is 0 Å². The molecule has 1 aromatic carbocycles. The zero-order valence-corrected chi connectivity index (χ0v) is 15.8. The second-order valence-corrected chi connectivity index (χ2v) is 8.60. The lowest BCUT2D eigenvalue weighted by Gasteiger charge is -2.31. The molecule has 0 amide bonds. The summed E-state index contributed by atoms with van der Waals surface area (Å²) in [6.07, 6.45) is 3.01. The molecule has 9 heteroatoms. The van der Waals surface area contributed by atoms with Crippen LogP contribution in [-0.4, -0.2) is 49.2 Å². The SMILES string of the molecule is COCCn1c(COc2ccc(S(C)(=O)=O)cc2)nnc1C1CC(N)C1. The molecule has 8 nitrogen and oxygen atoms in total. The first kappa shape index (κ1) is 18.8. The highest BCUT2D eigenvalue weighted by Crippen LogP contribution is 2.34. The summed E-state index contributed by atoms with van der Waals surface area (Å²) < 4.78 is 36.0. The van der Waals surface area contributed by atoms with E-state index in [1.54, 1.807) is 19.2 Å². The third kappa shape index (κ3) is 4.22. The molecule has 3 rings (SSSR count). The number of hydrogen-bond donors (Lipinski definition) is 1. The van der Waals surface area contributed by atoms with E-state index in [0.29, 0.717) is 30.6 Å². The number of hydrogen-bond acceptors (Lipinski definition) is 7. The average Bonchev–Trinajstić information content (AvgIpc) is 2.97. The molecule has 1 fully saturated rings. The number of sulfone groups is 1. The Hall–Kier alpha value is -1.97. The van der Waals surface area contributed by atoms with Gasteiger partial charge in [-0.25, -0.2) is 8.42 Å². The molecule has 1 aliphatic carbocycles. The summed E-state index contributed by atoms with van der Waals surface area (Å²) in [6.45, 7) is 1.45. The molecular formula is C17H24N4O4S. The van der Waals surface area contributed by atoms with E-state index in [2.05, 4.69) is 10.2 Å². The number of aromatic nitrogens is 3. The average molecular weight is 380 g/mol. The number of methoxy groups -OCH3 is 1. The molecule has 0 saturated heterocycles. The van der Waals surface area contributed by atoms with Crippen molar-refractivity contribution >= 4 is 9.84 Å². The first-order valence-corrected chi connectivity index (χ1v) is 10.4.